The molecule has 0 bridgehead atoms. The van der Waals surface area contributed by atoms with Crippen LogP contribution >= 0.6 is 0 Å². The zero-order chi connectivity index (χ0) is 14.6. The second-order valence-corrected chi connectivity index (χ2v) is 7.16. The SMILES string of the molecule is Cc1ccc(C2(CNCC(C)C)CCCCC2)cc1C. The number of hydrogen-bond donors (Lipinski definition) is 1. The molecule has 0 spiro atoms. The summed E-state index contributed by atoms with van der Waals surface area (Å²) in [4.78, 5) is 0. The number of aryl methyl sites for hydroxylation is 2. The maximum absolute atomic E-state index is 3.73. The van der Waals surface area contributed by atoms with Crippen molar-refractivity contribution in [2.45, 2.75) is 65.2 Å². The Labute approximate surface area is 125 Å². The van der Waals surface area contributed by atoms with Crippen molar-refractivity contribution in [2.24, 2.45) is 5.92 Å². The summed E-state index contributed by atoms with van der Waals surface area (Å²) in [6.07, 6.45) is 6.88. The summed E-state index contributed by atoms with van der Waals surface area (Å²) in [5.41, 5.74) is 4.80. The van der Waals surface area contributed by atoms with E-state index in [-0.39, 0.29) is 0 Å². The highest BCUT2D eigenvalue weighted by Gasteiger charge is 2.33. The minimum Gasteiger partial charge on any atom is -0.316 e. The Bertz CT molecular complexity index is 427. The maximum Gasteiger partial charge on any atom is 0.00778 e. The normalized spacial score (nSPS) is 18.4. The molecule has 1 aliphatic rings. The van der Waals surface area contributed by atoms with Crippen LogP contribution in [0.4, 0.5) is 0 Å². The molecule has 0 heterocycles. The number of hydrogen-bond acceptors (Lipinski definition) is 1. The van der Waals surface area contributed by atoms with Crippen molar-refractivity contribution in [1.82, 2.24) is 5.32 Å². The van der Waals surface area contributed by atoms with Gasteiger partial charge in [0.25, 0.3) is 0 Å². The number of rotatable bonds is 5. The molecule has 2 rings (SSSR count). The molecule has 0 radical (unpaired) electrons. The third-order valence-electron chi connectivity index (χ3n) is 4.95. The average molecular weight is 273 g/mol. The van der Waals surface area contributed by atoms with E-state index in [0.29, 0.717) is 5.41 Å². The van der Waals surface area contributed by atoms with Crippen molar-refractivity contribution in [3.05, 3.63) is 34.9 Å². The first-order chi connectivity index (χ1) is 9.53. The molecule has 0 aliphatic heterocycles. The minimum atomic E-state index is 0.381. The van der Waals surface area contributed by atoms with Gasteiger partial charge in [-0.1, -0.05) is 51.3 Å². The van der Waals surface area contributed by atoms with Gasteiger partial charge in [-0.3, -0.25) is 0 Å². The largest absolute Gasteiger partial charge is 0.316 e. The van der Waals surface area contributed by atoms with Gasteiger partial charge in [-0.05, 0) is 55.8 Å². The van der Waals surface area contributed by atoms with Gasteiger partial charge in [-0.25, -0.2) is 0 Å². The fourth-order valence-corrected chi connectivity index (χ4v) is 3.47. The Kier molecular flexibility index (Phi) is 5.26. The zero-order valence-corrected chi connectivity index (χ0v) is 13.8. The molecule has 1 saturated carbocycles. The first-order valence-corrected chi connectivity index (χ1v) is 8.32. The van der Waals surface area contributed by atoms with Gasteiger partial charge < -0.3 is 5.32 Å². The lowest BCUT2D eigenvalue weighted by Crippen LogP contribution is -2.41. The third-order valence-corrected chi connectivity index (χ3v) is 4.95. The highest BCUT2D eigenvalue weighted by Crippen LogP contribution is 2.39. The van der Waals surface area contributed by atoms with Crippen LogP contribution in [0.25, 0.3) is 0 Å². The Morgan fingerprint density at radius 1 is 1.05 bits per heavy atom. The summed E-state index contributed by atoms with van der Waals surface area (Å²) in [5, 5.41) is 3.73. The van der Waals surface area contributed by atoms with Crippen molar-refractivity contribution >= 4 is 0 Å². The molecule has 0 amide bonds. The van der Waals surface area contributed by atoms with E-state index in [1.807, 2.05) is 0 Å². The first-order valence-electron chi connectivity index (χ1n) is 8.32. The topological polar surface area (TPSA) is 12.0 Å². The van der Waals surface area contributed by atoms with Gasteiger partial charge in [0.2, 0.25) is 0 Å². The molecule has 0 saturated heterocycles. The summed E-state index contributed by atoms with van der Waals surface area (Å²) in [6.45, 7) is 11.3. The van der Waals surface area contributed by atoms with E-state index in [1.54, 1.807) is 5.56 Å². The van der Waals surface area contributed by atoms with Gasteiger partial charge in [0, 0.05) is 12.0 Å². The van der Waals surface area contributed by atoms with E-state index in [0.717, 1.165) is 19.0 Å². The molecule has 1 heteroatoms. The molecule has 0 atom stereocenters. The van der Waals surface area contributed by atoms with Crippen molar-refractivity contribution in [3.8, 4) is 0 Å². The lowest BCUT2D eigenvalue weighted by atomic mass is 9.69. The standard InChI is InChI=1S/C19H31N/c1-15(2)13-20-14-19(10-6-5-7-11-19)18-9-8-16(3)17(4)12-18/h8-9,12,15,20H,5-7,10-11,13-14H2,1-4H3. The van der Waals surface area contributed by atoms with Crippen LogP contribution in [-0.4, -0.2) is 13.1 Å². The predicted octanol–water partition coefficient (Wildman–Crippen LogP) is 4.75. The summed E-state index contributed by atoms with van der Waals surface area (Å²) < 4.78 is 0. The van der Waals surface area contributed by atoms with Gasteiger partial charge in [0.05, 0.1) is 0 Å². The minimum absolute atomic E-state index is 0.381. The van der Waals surface area contributed by atoms with E-state index in [2.05, 4.69) is 51.2 Å². The second kappa shape index (κ2) is 6.76. The maximum atomic E-state index is 3.73. The van der Waals surface area contributed by atoms with Gasteiger partial charge in [-0.15, -0.1) is 0 Å². The second-order valence-electron chi connectivity index (χ2n) is 7.16. The molecule has 1 nitrogen and oxygen atoms in total. The number of benzene rings is 1. The van der Waals surface area contributed by atoms with E-state index in [4.69, 9.17) is 0 Å². The van der Waals surface area contributed by atoms with E-state index in [1.165, 1.54) is 43.2 Å². The summed E-state index contributed by atoms with van der Waals surface area (Å²) >= 11 is 0. The predicted molar refractivity (Wildman–Crippen MR) is 88.4 cm³/mol. The van der Waals surface area contributed by atoms with Crippen molar-refractivity contribution in [2.75, 3.05) is 13.1 Å². The average Bonchev–Trinajstić information content (AvgIpc) is 2.42. The summed E-state index contributed by atoms with van der Waals surface area (Å²) in [5.74, 6) is 0.732. The molecule has 0 unspecified atom stereocenters. The molecular weight excluding hydrogens is 242 g/mol. The van der Waals surface area contributed by atoms with Crippen LogP contribution in [0.5, 0.6) is 0 Å². The molecule has 20 heavy (non-hydrogen) atoms. The molecular formula is C19H31N. The van der Waals surface area contributed by atoms with Gasteiger partial charge in [0.15, 0.2) is 0 Å². The molecule has 1 aliphatic carbocycles. The fourth-order valence-electron chi connectivity index (χ4n) is 3.47. The highest BCUT2D eigenvalue weighted by molar-refractivity contribution is 5.35. The lowest BCUT2D eigenvalue weighted by molar-refractivity contribution is 0.276. The Morgan fingerprint density at radius 3 is 2.35 bits per heavy atom. The zero-order valence-electron chi connectivity index (χ0n) is 13.8. The van der Waals surface area contributed by atoms with E-state index >= 15 is 0 Å². The van der Waals surface area contributed by atoms with Crippen LogP contribution < -0.4 is 5.32 Å². The van der Waals surface area contributed by atoms with Gasteiger partial charge in [-0.2, -0.15) is 0 Å². The first kappa shape index (κ1) is 15.6. The van der Waals surface area contributed by atoms with Crippen LogP contribution in [0.15, 0.2) is 18.2 Å². The molecule has 1 N–H and O–H groups in total. The Balaban J connectivity index is 2.19. The fraction of sp³-hybridized carbons (Fsp3) is 0.684. The Morgan fingerprint density at radius 2 is 1.75 bits per heavy atom. The molecule has 0 aromatic heterocycles. The lowest BCUT2D eigenvalue weighted by Gasteiger charge is -2.39. The van der Waals surface area contributed by atoms with Crippen LogP contribution in [-0.2, 0) is 5.41 Å². The number of nitrogens with one attached hydrogen (secondary N) is 1. The Hall–Kier alpha value is -0.820. The van der Waals surface area contributed by atoms with Crippen molar-refractivity contribution < 1.29 is 0 Å². The summed E-state index contributed by atoms with van der Waals surface area (Å²) in [6, 6.07) is 7.13. The van der Waals surface area contributed by atoms with E-state index in [9.17, 15) is 0 Å². The van der Waals surface area contributed by atoms with Crippen LogP contribution in [0, 0.1) is 19.8 Å². The molecule has 112 valence electrons. The summed E-state index contributed by atoms with van der Waals surface area (Å²) in [7, 11) is 0. The van der Waals surface area contributed by atoms with Crippen molar-refractivity contribution in [3.63, 3.8) is 0 Å². The van der Waals surface area contributed by atoms with Crippen molar-refractivity contribution in [1.29, 1.82) is 0 Å². The van der Waals surface area contributed by atoms with Crippen LogP contribution in [0.1, 0.15) is 62.6 Å². The van der Waals surface area contributed by atoms with Gasteiger partial charge in [0.1, 0.15) is 0 Å². The third kappa shape index (κ3) is 3.63. The monoisotopic (exact) mass is 273 g/mol. The smallest absolute Gasteiger partial charge is 0.00778 e. The molecule has 1 fully saturated rings. The quantitative estimate of drug-likeness (QED) is 0.816. The molecule has 1 aromatic carbocycles. The highest BCUT2D eigenvalue weighted by atomic mass is 14.9. The van der Waals surface area contributed by atoms with Crippen LogP contribution in [0.2, 0.25) is 0 Å². The van der Waals surface area contributed by atoms with Gasteiger partial charge >= 0.3 is 0 Å². The molecule has 1 aromatic rings. The van der Waals surface area contributed by atoms with E-state index < -0.39 is 0 Å². The van der Waals surface area contributed by atoms with Crippen LogP contribution in [0.3, 0.4) is 0 Å².